The molecule has 2 aromatic heterocycles. The molecule has 0 saturated carbocycles. The SMILES string of the molecule is CC(CCCO)Nc1ccc2n[nH]c(=O)n2n1. The van der Waals surface area contributed by atoms with Crippen LogP contribution in [0, 0.1) is 0 Å². The summed E-state index contributed by atoms with van der Waals surface area (Å²) in [5, 5.41) is 22.1. The lowest BCUT2D eigenvalue weighted by Gasteiger charge is -2.13. The summed E-state index contributed by atoms with van der Waals surface area (Å²) in [5.74, 6) is 0.617. The molecule has 2 heterocycles. The van der Waals surface area contributed by atoms with Crippen LogP contribution in [0.3, 0.4) is 0 Å². The van der Waals surface area contributed by atoms with Crippen LogP contribution < -0.4 is 11.0 Å². The van der Waals surface area contributed by atoms with Crippen molar-refractivity contribution in [2.24, 2.45) is 0 Å². The van der Waals surface area contributed by atoms with Gasteiger partial charge in [-0.3, -0.25) is 0 Å². The predicted octanol–water partition coefficient (Wildman–Crippen LogP) is -0.00950. The van der Waals surface area contributed by atoms with Crippen LogP contribution in [0.25, 0.3) is 5.65 Å². The fraction of sp³-hybridized carbons (Fsp3) is 0.500. The van der Waals surface area contributed by atoms with E-state index >= 15 is 0 Å². The minimum atomic E-state index is -0.355. The zero-order valence-electron chi connectivity index (χ0n) is 9.55. The molecular weight excluding hydrogens is 222 g/mol. The Kier molecular flexibility index (Phi) is 3.38. The van der Waals surface area contributed by atoms with Crippen molar-refractivity contribution in [3.05, 3.63) is 22.6 Å². The molecule has 0 radical (unpaired) electrons. The lowest BCUT2D eigenvalue weighted by molar-refractivity contribution is 0.282. The zero-order chi connectivity index (χ0) is 12.3. The van der Waals surface area contributed by atoms with Crippen LogP contribution in [0.15, 0.2) is 16.9 Å². The molecule has 3 N–H and O–H groups in total. The second-order valence-corrected chi connectivity index (χ2v) is 3.93. The van der Waals surface area contributed by atoms with Crippen molar-refractivity contribution in [1.29, 1.82) is 0 Å². The zero-order valence-corrected chi connectivity index (χ0v) is 9.55. The molecule has 0 aromatic carbocycles. The molecule has 17 heavy (non-hydrogen) atoms. The van der Waals surface area contributed by atoms with Crippen LogP contribution in [-0.4, -0.2) is 37.6 Å². The number of fused-ring (bicyclic) bond motifs is 1. The topological polar surface area (TPSA) is 95.3 Å². The highest BCUT2D eigenvalue weighted by molar-refractivity contribution is 5.43. The number of rotatable bonds is 5. The second-order valence-electron chi connectivity index (χ2n) is 3.93. The quantitative estimate of drug-likeness (QED) is 0.679. The van der Waals surface area contributed by atoms with Gasteiger partial charge in [0.15, 0.2) is 5.65 Å². The average Bonchev–Trinajstić information content (AvgIpc) is 2.68. The third-order valence-electron chi connectivity index (χ3n) is 2.46. The number of hydrogen-bond donors (Lipinski definition) is 3. The normalized spacial score (nSPS) is 12.8. The Morgan fingerprint density at radius 1 is 1.59 bits per heavy atom. The number of nitrogens with zero attached hydrogens (tertiary/aromatic N) is 3. The summed E-state index contributed by atoms with van der Waals surface area (Å²) >= 11 is 0. The Hall–Kier alpha value is -1.89. The number of aliphatic hydroxyl groups excluding tert-OH is 1. The average molecular weight is 237 g/mol. The van der Waals surface area contributed by atoms with Gasteiger partial charge in [-0.25, -0.2) is 9.89 Å². The number of H-pyrrole nitrogens is 1. The van der Waals surface area contributed by atoms with E-state index < -0.39 is 0 Å². The maximum atomic E-state index is 11.3. The Labute approximate surface area is 97.5 Å². The second kappa shape index (κ2) is 4.96. The molecule has 0 aliphatic rings. The highest BCUT2D eigenvalue weighted by Gasteiger charge is 2.05. The molecule has 0 saturated heterocycles. The van der Waals surface area contributed by atoms with E-state index in [0.29, 0.717) is 11.5 Å². The highest BCUT2D eigenvalue weighted by atomic mass is 16.2. The van der Waals surface area contributed by atoms with Crippen molar-refractivity contribution < 1.29 is 5.11 Å². The monoisotopic (exact) mass is 237 g/mol. The molecule has 0 amide bonds. The first-order valence-corrected chi connectivity index (χ1v) is 5.52. The van der Waals surface area contributed by atoms with E-state index in [0.717, 1.165) is 12.8 Å². The van der Waals surface area contributed by atoms with E-state index in [1.165, 1.54) is 4.52 Å². The summed E-state index contributed by atoms with van der Waals surface area (Å²) < 4.78 is 1.21. The van der Waals surface area contributed by atoms with Gasteiger partial charge in [0, 0.05) is 12.6 Å². The highest BCUT2D eigenvalue weighted by Crippen LogP contribution is 2.07. The van der Waals surface area contributed by atoms with Crippen LogP contribution in [0.1, 0.15) is 19.8 Å². The van der Waals surface area contributed by atoms with Gasteiger partial charge >= 0.3 is 5.69 Å². The largest absolute Gasteiger partial charge is 0.396 e. The van der Waals surface area contributed by atoms with Crippen LogP contribution in [0.5, 0.6) is 0 Å². The molecule has 7 nitrogen and oxygen atoms in total. The molecule has 0 aliphatic heterocycles. The first-order chi connectivity index (χ1) is 8.20. The minimum absolute atomic E-state index is 0.180. The third-order valence-corrected chi connectivity index (χ3v) is 2.46. The molecule has 0 fully saturated rings. The van der Waals surface area contributed by atoms with Gasteiger partial charge in [0.2, 0.25) is 0 Å². The van der Waals surface area contributed by atoms with Gasteiger partial charge in [-0.05, 0) is 31.9 Å². The number of aromatic nitrogens is 4. The third kappa shape index (κ3) is 2.62. The number of anilines is 1. The Morgan fingerprint density at radius 3 is 3.18 bits per heavy atom. The first-order valence-electron chi connectivity index (χ1n) is 5.52. The van der Waals surface area contributed by atoms with Gasteiger partial charge in [-0.15, -0.1) is 5.10 Å². The van der Waals surface area contributed by atoms with Crippen molar-refractivity contribution in [3.63, 3.8) is 0 Å². The summed E-state index contributed by atoms with van der Waals surface area (Å²) in [6.07, 6.45) is 1.58. The van der Waals surface area contributed by atoms with Gasteiger partial charge in [-0.2, -0.15) is 9.61 Å². The maximum Gasteiger partial charge on any atom is 0.364 e. The van der Waals surface area contributed by atoms with Gasteiger partial charge < -0.3 is 10.4 Å². The molecule has 1 unspecified atom stereocenters. The van der Waals surface area contributed by atoms with Crippen LogP contribution in [-0.2, 0) is 0 Å². The van der Waals surface area contributed by atoms with Gasteiger partial charge in [0.25, 0.3) is 0 Å². The van der Waals surface area contributed by atoms with Crippen molar-refractivity contribution in [2.75, 3.05) is 11.9 Å². The van der Waals surface area contributed by atoms with Gasteiger partial charge in [0.05, 0.1) is 0 Å². The van der Waals surface area contributed by atoms with Crippen molar-refractivity contribution >= 4 is 11.5 Å². The first kappa shape index (κ1) is 11.6. The summed E-state index contributed by atoms with van der Waals surface area (Å²) in [7, 11) is 0. The fourth-order valence-corrected chi connectivity index (χ4v) is 1.60. The number of nitrogens with one attached hydrogen (secondary N) is 2. The number of aromatic amines is 1. The maximum absolute atomic E-state index is 11.3. The molecule has 0 aliphatic carbocycles. The molecule has 2 aromatic rings. The molecular formula is C10H15N5O2. The van der Waals surface area contributed by atoms with Gasteiger partial charge in [-0.1, -0.05) is 0 Å². The fourth-order valence-electron chi connectivity index (χ4n) is 1.60. The minimum Gasteiger partial charge on any atom is -0.396 e. The van der Waals surface area contributed by atoms with Crippen LogP contribution in [0.2, 0.25) is 0 Å². The van der Waals surface area contributed by atoms with Crippen LogP contribution in [0.4, 0.5) is 5.82 Å². The number of aliphatic hydroxyl groups is 1. The summed E-state index contributed by atoms with van der Waals surface area (Å²) in [6.45, 7) is 2.18. The predicted molar refractivity (Wildman–Crippen MR) is 63.0 cm³/mol. The van der Waals surface area contributed by atoms with Crippen LogP contribution >= 0.6 is 0 Å². The Balaban J connectivity index is 2.13. The number of hydrogen-bond acceptors (Lipinski definition) is 5. The Morgan fingerprint density at radius 2 is 2.41 bits per heavy atom. The molecule has 7 heteroatoms. The lowest BCUT2D eigenvalue weighted by Crippen LogP contribution is -2.19. The van der Waals surface area contributed by atoms with E-state index in [1.54, 1.807) is 12.1 Å². The van der Waals surface area contributed by atoms with E-state index in [4.69, 9.17) is 5.11 Å². The van der Waals surface area contributed by atoms with E-state index in [-0.39, 0.29) is 18.3 Å². The molecule has 1 atom stereocenters. The lowest BCUT2D eigenvalue weighted by atomic mass is 10.2. The smallest absolute Gasteiger partial charge is 0.364 e. The van der Waals surface area contributed by atoms with Crippen molar-refractivity contribution in [1.82, 2.24) is 19.8 Å². The molecule has 2 rings (SSSR count). The summed E-state index contributed by atoms with van der Waals surface area (Å²) in [6, 6.07) is 3.67. The summed E-state index contributed by atoms with van der Waals surface area (Å²) in [4.78, 5) is 11.3. The van der Waals surface area contributed by atoms with Gasteiger partial charge in [0.1, 0.15) is 5.82 Å². The van der Waals surface area contributed by atoms with Crippen molar-refractivity contribution in [2.45, 2.75) is 25.8 Å². The van der Waals surface area contributed by atoms with E-state index in [2.05, 4.69) is 20.6 Å². The molecule has 0 bridgehead atoms. The van der Waals surface area contributed by atoms with Crippen molar-refractivity contribution in [3.8, 4) is 0 Å². The summed E-state index contributed by atoms with van der Waals surface area (Å²) in [5.41, 5.74) is 0.134. The van der Waals surface area contributed by atoms with E-state index in [1.807, 2.05) is 6.92 Å². The standard InChI is InChI=1S/C10H15N5O2/c1-7(3-2-6-16)11-8-4-5-9-12-13-10(17)15(9)14-8/h4-5,7,16H,2-3,6H2,1H3,(H,11,14)(H,13,17). The molecule has 0 spiro atoms. The molecule has 92 valence electrons. The Bertz CT molecular complexity index is 547. The van der Waals surface area contributed by atoms with E-state index in [9.17, 15) is 4.79 Å².